The number of nitrogens with one attached hydrogen (secondary N) is 1. The average molecular weight is 443 g/mol. The number of aryl methyl sites for hydroxylation is 1. The SMILES string of the molecule is Cc1cccc(NC(=O)CN(Cc2ccccc2)S(=O)(=O)c2ccc(Cl)cc2)c1C. The van der Waals surface area contributed by atoms with Crippen molar-refractivity contribution in [2.45, 2.75) is 25.3 Å². The molecule has 0 aliphatic rings. The third kappa shape index (κ3) is 5.27. The monoisotopic (exact) mass is 442 g/mol. The number of carbonyl (C=O) groups excluding carboxylic acids is 1. The molecule has 0 spiro atoms. The van der Waals surface area contributed by atoms with Gasteiger partial charge in [0.15, 0.2) is 0 Å². The van der Waals surface area contributed by atoms with Crippen molar-refractivity contribution in [3.63, 3.8) is 0 Å². The number of sulfonamides is 1. The summed E-state index contributed by atoms with van der Waals surface area (Å²) in [6.45, 7) is 3.63. The second kappa shape index (κ2) is 9.43. The summed E-state index contributed by atoms with van der Waals surface area (Å²) in [6, 6.07) is 20.7. The van der Waals surface area contributed by atoms with Crippen molar-refractivity contribution in [2.24, 2.45) is 0 Å². The summed E-state index contributed by atoms with van der Waals surface area (Å²) < 4.78 is 27.7. The first-order valence-electron chi connectivity index (χ1n) is 9.43. The third-order valence-corrected chi connectivity index (χ3v) is 6.91. The Bertz CT molecular complexity index is 1130. The number of anilines is 1. The summed E-state index contributed by atoms with van der Waals surface area (Å²) in [4.78, 5) is 12.9. The molecule has 3 aromatic carbocycles. The van der Waals surface area contributed by atoms with E-state index in [4.69, 9.17) is 11.6 Å². The summed E-state index contributed by atoms with van der Waals surface area (Å²) in [5.41, 5.74) is 3.45. The van der Waals surface area contributed by atoms with Gasteiger partial charge in [-0.25, -0.2) is 8.42 Å². The fraction of sp³-hybridized carbons (Fsp3) is 0.174. The lowest BCUT2D eigenvalue weighted by molar-refractivity contribution is -0.116. The standard InChI is InChI=1S/C23H23ClN2O3S/c1-17-7-6-10-22(18(17)2)25-23(27)16-26(15-19-8-4-3-5-9-19)30(28,29)21-13-11-20(24)12-14-21/h3-14H,15-16H2,1-2H3,(H,25,27). The fourth-order valence-electron chi connectivity index (χ4n) is 3.00. The molecule has 3 aromatic rings. The largest absolute Gasteiger partial charge is 0.325 e. The van der Waals surface area contributed by atoms with E-state index >= 15 is 0 Å². The van der Waals surface area contributed by atoms with E-state index in [1.165, 1.54) is 28.6 Å². The Morgan fingerprint density at radius 3 is 2.27 bits per heavy atom. The second-order valence-corrected chi connectivity index (χ2v) is 9.38. The molecule has 0 fully saturated rings. The van der Waals surface area contributed by atoms with Crippen molar-refractivity contribution in [2.75, 3.05) is 11.9 Å². The van der Waals surface area contributed by atoms with Gasteiger partial charge in [0, 0.05) is 17.3 Å². The van der Waals surface area contributed by atoms with Gasteiger partial charge in [-0.1, -0.05) is 54.1 Å². The maximum Gasteiger partial charge on any atom is 0.243 e. The summed E-state index contributed by atoms with van der Waals surface area (Å²) in [5.74, 6) is -0.405. The summed E-state index contributed by atoms with van der Waals surface area (Å²) in [7, 11) is -3.91. The molecule has 0 aromatic heterocycles. The number of carbonyl (C=O) groups is 1. The van der Waals surface area contributed by atoms with Crippen molar-refractivity contribution in [3.8, 4) is 0 Å². The molecule has 0 aliphatic heterocycles. The van der Waals surface area contributed by atoms with Crippen LogP contribution in [-0.4, -0.2) is 25.2 Å². The molecule has 0 saturated heterocycles. The van der Waals surface area contributed by atoms with Gasteiger partial charge >= 0.3 is 0 Å². The Kier molecular flexibility index (Phi) is 6.92. The Balaban J connectivity index is 1.88. The maximum absolute atomic E-state index is 13.3. The van der Waals surface area contributed by atoms with E-state index in [1.807, 2.05) is 56.3 Å². The molecule has 0 aliphatic carbocycles. The molecule has 1 N–H and O–H groups in total. The molecule has 156 valence electrons. The van der Waals surface area contributed by atoms with Crippen molar-refractivity contribution in [1.29, 1.82) is 0 Å². The Morgan fingerprint density at radius 1 is 0.933 bits per heavy atom. The van der Waals surface area contributed by atoms with Gasteiger partial charge in [-0.3, -0.25) is 4.79 Å². The summed E-state index contributed by atoms with van der Waals surface area (Å²) in [6.07, 6.45) is 0. The molecule has 0 saturated carbocycles. The van der Waals surface area contributed by atoms with Crippen LogP contribution in [0, 0.1) is 13.8 Å². The topological polar surface area (TPSA) is 66.5 Å². The zero-order valence-corrected chi connectivity index (χ0v) is 18.4. The van der Waals surface area contributed by atoms with E-state index in [0.29, 0.717) is 10.7 Å². The number of rotatable bonds is 7. The highest BCUT2D eigenvalue weighted by Gasteiger charge is 2.27. The van der Waals surface area contributed by atoms with Gasteiger partial charge in [0.1, 0.15) is 0 Å². The predicted octanol–water partition coefficient (Wildman–Crippen LogP) is 4.79. The predicted molar refractivity (Wildman–Crippen MR) is 120 cm³/mol. The lowest BCUT2D eigenvalue weighted by Gasteiger charge is -2.22. The molecule has 3 rings (SSSR count). The molecule has 0 unspecified atom stereocenters. The molecular formula is C23H23ClN2O3S. The van der Waals surface area contributed by atoms with E-state index in [-0.39, 0.29) is 18.0 Å². The number of nitrogens with zero attached hydrogens (tertiary/aromatic N) is 1. The molecule has 0 heterocycles. The van der Waals surface area contributed by atoms with Crippen LogP contribution < -0.4 is 5.32 Å². The zero-order valence-electron chi connectivity index (χ0n) is 16.8. The van der Waals surface area contributed by atoms with Crippen LogP contribution in [0.4, 0.5) is 5.69 Å². The first kappa shape index (κ1) is 22.0. The van der Waals surface area contributed by atoms with Crippen LogP contribution in [0.3, 0.4) is 0 Å². The van der Waals surface area contributed by atoms with Crippen molar-refractivity contribution in [1.82, 2.24) is 4.31 Å². The van der Waals surface area contributed by atoms with Gasteiger partial charge in [-0.05, 0) is 60.9 Å². The maximum atomic E-state index is 13.3. The molecule has 7 heteroatoms. The highest BCUT2D eigenvalue weighted by molar-refractivity contribution is 7.89. The van der Waals surface area contributed by atoms with Crippen molar-refractivity contribution >= 4 is 33.2 Å². The highest BCUT2D eigenvalue weighted by Crippen LogP contribution is 2.22. The molecule has 0 atom stereocenters. The molecule has 1 amide bonds. The van der Waals surface area contributed by atoms with Gasteiger partial charge in [0.25, 0.3) is 0 Å². The van der Waals surface area contributed by atoms with Crippen molar-refractivity contribution < 1.29 is 13.2 Å². The summed E-state index contributed by atoms with van der Waals surface area (Å²) in [5, 5.41) is 3.27. The van der Waals surface area contributed by atoms with Gasteiger partial charge in [0.05, 0.1) is 11.4 Å². The quantitative estimate of drug-likeness (QED) is 0.572. The average Bonchev–Trinajstić information content (AvgIpc) is 2.72. The molecule has 30 heavy (non-hydrogen) atoms. The van der Waals surface area contributed by atoms with Gasteiger partial charge in [-0.15, -0.1) is 0 Å². The van der Waals surface area contributed by atoms with Crippen LogP contribution in [0.1, 0.15) is 16.7 Å². The first-order valence-corrected chi connectivity index (χ1v) is 11.2. The Labute approximate surface area is 182 Å². The van der Waals surface area contributed by atoms with E-state index in [1.54, 1.807) is 6.07 Å². The number of hydrogen-bond acceptors (Lipinski definition) is 3. The molecular weight excluding hydrogens is 420 g/mol. The molecule has 0 radical (unpaired) electrons. The highest BCUT2D eigenvalue weighted by atomic mass is 35.5. The number of amides is 1. The van der Waals surface area contributed by atoms with Crippen LogP contribution in [0.25, 0.3) is 0 Å². The second-order valence-electron chi connectivity index (χ2n) is 7.01. The normalized spacial score (nSPS) is 11.5. The molecule has 5 nitrogen and oxygen atoms in total. The van der Waals surface area contributed by atoms with Gasteiger partial charge in [-0.2, -0.15) is 4.31 Å². The third-order valence-electron chi connectivity index (χ3n) is 4.85. The van der Waals surface area contributed by atoms with E-state index < -0.39 is 15.9 Å². The Hall–Kier alpha value is -2.67. The van der Waals surface area contributed by atoms with Crippen LogP contribution in [-0.2, 0) is 21.4 Å². The van der Waals surface area contributed by atoms with Gasteiger partial charge < -0.3 is 5.32 Å². The van der Waals surface area contributed by atoms with Crippen molar-refractivity contribution in [3.05, 3.63) is 94.5 Å². The fourth-order valence-corrected chi connectivity index (χ4v) is 4.52. The minimum atomic E-state index is -3.91. The number of hydrogen-bond donors (Lipinski definition) is 1. The van der Waals surface area contributed by atoms with Crippen LogP contribution in [0.2, 0.25) is 5.02 Å². The zero-order chi connectivity index (χ0) is 21.7. The minimum Gasteiger partial charge on any atom is -0.325 e. The van der Waals surface area contributed by atoms with E-state index in [0.717, 1.165) is 16.7 Å². The molecule has 0 bridgehead atoms. The first-order chi connectivity index (χ1) is 14.3. The van der Waals surface area contributed by atoms with Crippen LogP contribution >= 0.6 is 11.6 Å². The van der Waals surface area contributed by atoms with E-state index in [9.17, 15) is 13.2 Å². The minimum absolute atomic E-state index is 0.0754. The lowest BCUT2D eigenvalue weighted by Crippen LogP contribution is -2.37. The van der Waals surface area contributed by atoms with Crippen LogP contribution in [0.5, 0.6) is 0 Å². The smallest absolute Gasteiger partial charge is 0.243 e. The van der Waals surface area contributed by atoms with E-state index in [2.05, 4.69) is 5.32 Å². The lowest BCUT2D eigenvalue weighted by atomic mass is 10.1. The van der Waals surface area contributed by atoms with Crippen LogP contribution in [0.15, 0.2) is 77.7 Å². The number of benzene rings is 3. The number of halogens is 1. The van der Waals surface area contributed by atoms with Gasteiger partial charge in [0.2, 0.25) is 15.9 Å². The Morgan fingerprint density at radius 2 is 1.60 bits per heavy atom. The summed E-state index contributed by atoms with van der Waals surface area (Å²) >= 11 is 5.90.